The standard InChI is InChI=1S/C19H30O/c1-8-18(19(4,5)6)13-12-16(2)10-9-11-17(3)14-15-20-7/h8-14H,15H2,1-7H3/b11-9+,13-12+,16-10+,17-14+,18-8+. The lowest BCUT2D eigenvalue weighted by Crippen LogP contribution is -2.06. The van der Waals surface area contributed by atoms with Gasteiger partial charge in [0.2, 0.25) is 0 Å². The zero-order valence-corrected chi connectivity index (χ0v) is 14.2. The highest BCUT2D eigenvalue weighted by Crippen LogP contribution is 2.26. The van der Waals surface area contributed by atoms with Crippen LogP contribution in [0, 0.1) is 5.41 Å². The molecule has 0 heterocycles. The normalized spacial score (nSPS) is 15.7. The largest absolute Gasteiger partial charge is 0.381 e. The molecule has 0 aromatic heterocycles. The van der Waals surface area contributed by atoms with Crippen LogP contribution in [0.4, 0.5) is 0 Å². The highest BCUT2D eigenvalue weighted by atomic mass is 16.5. The van der Waals surface area contributed by atoms with E-state index in [0.717, 1.165) is 0 Å². The molecule has 0 radical (unpaired) electrons. The fourth-order valence-corrected chi connectivity index (χ4v) is 1.69. The molecule has 0 spiro atoms. The maximum Gasteiger partial charge on any atom is 0.0649 e. The second kappa shape index (κ2) is 9.55. The van der Waals surface area contributed by atoms with Crippen LogP contribution in [0.15, 0.2) is 59.3 Å². The molecular weight excluding hydrogens is 244 g/mol. The molecule has 0 unspecified atom stereocenters. The van der Waals surface area contributed by atoms with Crippen LogP contribution >= 0.6 is 0 Å². The van der Waals surface area contributed by atoms with E-state index in [-0.39, 0.29) is 5.41 Å². The van der Waals surface area contributed by atoms with Gasteiger partial charge in [0.05, 0.1) is 6.61 Å². The van der Waals surface area contributed by atoms with Gasteiger partial charge in [-0.2, -0.15) is 0 Å². The van der Waals surface area contributed by atoms with Gasteiger partial charge < -0.3 is 4.74 Å². The molecule has 0 saturated heterocycles. The van der Waals surface area contributed by atoms with Crippen LogP contribution in [-0.2, 0) is 4.74 Å². The number of rotatable bonds is 6. The lowest BCUT2D eigenvalue weighted by atomic mass is 9.86. The molecule has 0 aromatic rings. The van der Waals surface area contributed by atoms with Crippen LogP contribution in [0.2, 0.25) is 0 Å². The molecule has 0 rings (SSSR count). The zero-order valence-electron chi connectivity index (χ0n) is 14.2. The Bertz CT molecular complexity index is 423. The number of methoxy groups -OCH3 is 1. The minimum absolute atomic E-state index is 0.195. The summed E-state index contributed by atoms with van der Waals surface area (Å²) in [5.41, 5.74) is 4.00. The molecule has 0 aliphatic heterocycles. The number of hydrogen-bond donors (Lipinski definition) is 0. The highest BCUT2D eigenvalue weighted by molar-refractivity contribution is 5.32. The Hall–Kier alpha value is -1.34. The quantitative estimate of drug-likeness (QED) is 0.570. The van der Waals surface area contributed by atoms with E-state index in [0.29, 0.717) is 6.61 Å². The summed E-state index contributed by atoms with van der Waals surface area (Å²) in [5.74, 6) is 0. The predicted octanol–water partition coefficient (Wildman–Crippen LogP) is 5.63. The van der Waals surface area contributed by atoms with Gasteiger partial charge in [0.1, 0.15) is 0 Å². The zero-order chi connectivity index (χ0) is 15.6. The first-order valence-electron chi connectivity index (χ1n) is 7.16. The molecule has 1 nitrogen and oxygen atoms in total. The summed E-state index contributed by atoms with van der Waals surface area (Å²) in [6.07, 6.45) is 14.9. The van der Waals surface area contributed by atoms with E-state index in [9.17, 15) is 0 Å². The maximum atomic E-state index is 5.01. The van der Waals surface area contributed by atoms with E-state index in [1.807, 2.05) is 0 Å². The van der Waals surface area contributed by atoms with E-state index >= 15 is 0 Å². The second-order valence-corrected chi connectivity index (χ2v) is 6.00. The Balaban J connectivity index is 4.65. The van der Waals surface area contributed by atoms with Crippen molar-refractivity contribution in [2.45, 2.75) is 41.5 Å². The molecule has 0 atom stereocenters. The average molecular weight is 274 g/mol. The molecule has 1 heteroatoms. The summed E-state index contributed by atoms with van der Waals surface area (Å²) in [6.45, 7) is 13.6. The number of allylic oxidation sites excluding steroid dienone is 9. The Kier molecular flexibility index (Phi) is 8.91. The Morgan fingerprint density at radius 2 is 1.65 bits per heavy atom. The van der Waals surface area contributed by atoms with Crippen molar-refractivity contribution in [1.29, 1.82) is 0 Å². The second-order valence-electron chi connectivity index (χ2n) is 6.00. The van der Waals surface area contributed by atoms with Gasteiger partial charge in [-0.25, -0.2) is 0 Å². The summed E-state index contributed by atoms with van der Waals surface area (Å²) in [4.78, 5) is 0. The molecule has 0 aromatic carbocycles. The minimum atomic E-state index is 0.195. The monoisotopic (exact) mass is 274 g/mol. The molecule has 0 aliphatic rings. The topological polar surface area (TPSA) is 9.23 Å². The fourth-order valence-electron chi connectivity index (χ4n) is 1.69. The van der Waals surface area contributed by atoms with Crippen molar-refractivity contribution in [2.24, 2.45) is 5.41 Å². The van der Waals surface area contributed by atoms with Crippen molar-refractivity contribution in [3.8, 4) is 0 Å². The Morgan fingerprint density at radius 3 is 2.15 bits per heavy atom. The number of ether oxygens (including phenoxy) is 1. The van der Waals surface area contributed by atoms with Gasteiger partial charge >= 0.3 is 0 Å². The first-order chi connectivity index (χ1) is 9.31. The van der Waals surface area contributed by atoms with Crippen molar-refractivity contribution >= 4 is 0 Å². The van der Waals surface area contributed by atoms with E-state index in [1.165, 1.54) is 16.7 Å². The van der Waals surface area contributed by atoms with Crippen molar-refractivity contribution in [1.82, 2.24) is 0 Å². The maximum absolute atomic E-state index is 5.01. The third-order valence-electron chi connectivity index (χ3n) is 2.99. The van der Waals surface area contributed by atoms with E-state index in [1.54, 1.807) is 7.11 Å². The van der Waals surface area contributed by atoms with E-state index < -0.39 is 0 Å². The minimum Gasteiger partial charge on any atom is -0.381 e. The average Bonchev–Trinajstić information content (AvgIpc) is 2.35. The van der Waals surface area contributed by atoms with Crippen LogP contribution in [0.1, 0.15) is 41.5 Å². The van der Waals surface area contributed by atoms with Crippen molar-refractivity contribution in [3.63, 3.8) is 0 Å². The van der Waals surface area contributed by atoms with Crippen molar-refractivity contribution in [2.75, 3.05) is 13.7 Å². The van der Waals surface area contributed by atoms with Gasteiger partial charge in [0.15, 0.2) is 0 Å². The molecule has 0 saturated carbocycles. The molecule has 0 fully saturated rings. The Labute approximate surface area is 125 Å². The molecule has 0 N–H and O–H groups in total. The van der Waals surface area contributed by atoms with Crippen LogP contribution in [0.5, 0.6) is 0 Å². The molecule has 20 heavy (non-hydrogen) atoms. The summed E-state index contributed by atoms with van der Waals surface area (Å²) < 4.78 is 5.01. The molecule has 0 amide bonds. The fraction of sp³-hybridized carbons (Fsp3) is 0.474. The third-order valence-corrected chi connectivity index (χ3v) is 2.99. The van der Waals surface area contributed by atoms with Crippen LogP contribution < -0.4 is 0 Å². The molecule has 0 aliphatic carbocycles. The lowest BCUT2D eigenvalue weighted by molar-refractivity contribution is 0.233. The van der Waals surface area contributed by atoms with Crippen LogP contribution in [-0.4, -0.2) is 13.7 Å². The van der Waals surface area contributed by atoms with Gasteiger partial charge in [0, 0.05) is 7.11 Å². The van der Waals surface area contributed by atoms with Crippen molar-refractivity contribution in [3.05, 3.63) is 59.3 Å². The van der Waals surface area contributed by atoms with Crippen molar-refractivity contribution < 1.29 is 4.74 Å². The van der Waals surface area contributed by atoms with E-state index in [4.69, 9.17) is 4.74 Å². The van der Waals surface area contributed by atoms with Crippen LogP contribution in [0.25, 0.3) is 0 Å². The third kappa shape index (κ3) is 8.71. The smallest absolute Gasteiger partial charge is 0.0649 e. The van der Waals surface area contributed by atoms with Gasteiger partial charge in [-0.1, -0.05) is 74.4 Å². The number of hydrogen-bond acceptors (Lipinski definition) is 1. The summed E-state index contributed by atoms with van der Waals surface area (Å²) in [6, 6.07) is 0. The van der Waals surface area contributed by atoms with Gasteiger partial charge in [-0.05, 0) is 31.8 Å². The first-order valence-corrected chi connectivity index (χ1v) is 7.16. The van der Waals surface area contributed by atoms with Gasteiger partial charge in [0.25, 0.3) is 0 Å². The van der Waals surface area contributed by atoms with Gasteiger partial charge in [-0.3, -0.25) is 0 Å². The first kappa shape index (κ1) is 18.7. The highest BCUT2D eigenvalue weighted by Gasteiger charge is 2.12. The lowest BCUT2D eigenvalue weighted by Gasteiger charge is -2.19. The summed E-state index contributed by atoms with van der Waals surface area (Å²) >= 11 is 0. The molecule has 0 bridgehead atoms. The Morgan fingerprint density at radius 1 is 1.00 bits per heavy atom. The predicted molar refractivity (Wildman–Crippen MR) is 90.9 cm³/mol. The van der Waals surface area contributed by atoms with Gasteiger partial charge in [-0.15, -0.1) is 0 Å². The SMILES string of the molecule is C\C=C(/C=C/C(C)=C/C=C/C(C)=C/COC)C(C)(C)C. The molecular formula is C19H30O. The summed E-state index contributed by atoms with van der Waals surface area (Å²) in [5, 5.41) is 0. The molecule has 112 valence electrons. The van der Waals surface area contributed by atoms with E-state index in [2.05, 4.69) is 84.1 Å². The summed E-state index contributed by atoms with van der Waals surface area (Å²) in [7, 11) is 1.70. The van der Waals surface area contributed by atoms with Crippen LogP contribution in [0.3, 0.4) is 0 Å².